The van der Waals surface area contributed by atoms with Gasteiger partial charge in [-0.05, 0) is 53.4 Å². The van der Waals surface area contributed by atoms with Crippen molar-refractivity contribution in [1.29, 1.82) is 0 Å². The van der Waals surface area contributed by atoms with Gasteiger partial charge in [0.25, 0.3) is 0 Å². The molecule has 3 aromatic rings. The molecule has 174 valence electrons. The van der Waals surface area contributed by atoms with E-state index >= 15 is 0 Å². The lowest BCUT2D eigenvalue weighted by atomic mass is 10.0. The van der Waals surface area contributed by atoms with Gasteiger partial charge in [0.2, 0.25) is 0 Å². The monoisotopic (exact) mass is 459 g/mol. The van der Waals surface area contributed by atoms with E-state index in [-0.39, 0.29) is 17.2 Å². The van der Waals surface area contributed by atoms with Crippen LogP contribution < -0.4 is 5.06 Å². The van der Waals surface area contributed by atoms with E-state index in [9.17, 15) is 0 Å². The van der Waals surface area contributed by atoms with Gasteiger partial charge in [-0.25, -0.2) is 0 Å². The summed E-state index contributed by atoms with van der Waals surface area (Å²) in [6.07, 6.45) is 1.99. The number of hydrogen-bond acceptors (Lipinski definition) is 3. The van der Waals surface area contributed by atoms with Crippen LogP contribution in [-0.4, -0.2) is 27.1 Å². The Balaban J connectivity index is 1.52. The van der Waals surface area contributed by atoms with E-state index < -0.39 is 8.32 Å². The molecule has 1 heterocycles. The third-order valence-electron chi connectivity index (χ3n) is 7.11. The highest BCUT2D eigenvalue weighted by Gasteiger charge is 2.40. The van der Waals surface area contributed by atoms with Crippen molar-refractivity contribution in [3.63, 3.8) is 0 Å². The second kappa shape index (κ2) is 9.84. The first-order valence-corrected chi connectivity index (χ1v) is 14.9. The Bertz CT molecular complexity index is 1010. The molecule has 4 heteroatoms. The first kappa shape index (κ1) is 23.7. The minimum atomic E-state index is -1.81. The number of anilines is 1. The van der Waals surface area contributed by atoms with Gasteiger partial charge < -0.3 is 4.43 Å². The van der Waals surface area contributed by atoms with Crippen molar-refractivity contribution in [3.8, 4) is 11.1 Å². The molecule has 33 heavy (non-hydrogen) atoms. The van der Waals surface area contributed by atoms with Crippen LogP contribution in [0.3, 0.4) is 0 Å². The van der Waals surface area contributed by atoms with Crippen LogP contribution in [0.5, 0.6) is 0 Å². The molecule has 1 aliphatic heterocycles. The third-order valence-corrected chi connectivity index (χ3v) is 11.6. The summed E-state index contributed by atoms with van der Waals surface area (Å²) in [7, 11) is -1.81. The molecule has 1 fully saturated rings. The molecule has 0 radical (unpaired) electrons. The summed E-state index contributed by atoms with van der Waals surface area (Å²) in [6, 6.07) is 30.2. The second-order valence-electron chi connectivity index (χ2n) is 10.6. The zero-order valence-corrected chi connectivity index (χ0v) is 21.6. The van der Waals surface area contributed by atoms with Gasteiger partial charge in [-0.3, -0.25) is 9.90 Å². The van der Waals surface area contributed by atoms with Crippen molar-refractivity contribution >= 4 is 14.0 Å². The van der Waals surface area contributed by atoms with Crippen LogP contribution in [0.1, 0.15) is 32.8 Å². The highest BCUT2D eigenvalue weighted by molar-refractivity contribution is 6.74. The predicted octanol–water partition coefficient (Wildman–Crippen LogP) is 7.50. The fourth-order valence-electron chi connectivity index (χ4n) is 4.06. The topological polar surface area (TPSA) is 21.7 Å². The molecule has 0 bridgehead atoms. The van der Waals surface area contributed by atoms with E-state index in [0.717, 1.165) is 18.5 Å². The maximum Gasteiger partial charge on any atom is 0.192 e. The van der Waals surface area contributed by atoms with Crippen LogP contribution in [-0.2, 0) is 15.7 Å². The summed E-state index contributed by atoms with van der Waals surface area (Å²) in [6.45, 7) is 12.1. The maximum atomic E-state index is 6.52. The van der Waals surface area contributed by atoms with E-state index in [1.807, 2.05) is 0 Å². The number of rotatable bonds is 7. The zero-order valence-electron chi connectivity index (χ0n) is 20.6. The normalized spacial score (nSPS) is 19.1. The van der Waals surface area contributed by atoms with Crippen LogP contribution in [0.4, 0.5) is 5.69 Å². The molecular weight excluding hydrogens is 422 g/mol. The lowest BCUT2D eigenvalue weighted by Gasteiger charge is -2.36. The van der Waals surface area contributed by atoms with Gasteiger partial charge in [-0.1, -0.05) is 93.6 Å². The van der Waals surface area contributed by atoms with E-state index in [4.69, 9.17) is 9.26 Å². The second-order valence-corrected chi connectivity index (χ2v) is 15.4. The van der Waals surface area contributed by atoms with Crippen LogP contribution in [0.25, 0.3) is 11.1 Å². The Labute approximate surface area is 200 Å². The number of hydroxylamine groups is 1. The average Bonchev–Trinajstić information content (AvgIpc) is 3.21. The molecule has 2 atom stereocenters. The Morgan fingerprint density at radius 1 is 0.848 bits per heavy atom. The van der Waals surface area contributed by atoms with E-state index in [1.165, 1.54) is 16.7 Å². The van der Waals surface area contributed by atoms with E-state index in [2.05, 4.69) is 124 Å². The molecule has 0 unspecified atom stereocenters. The van der Waals surface area contributed by atoms with Crippen molar-refractivity contribution < 1.29 is 9.26 Å². The van der Waals surface area contributed by atoms with Gasteiger partial charge in [0.1, 0.15) is 6.10 Å². The Kier molecular flexibility index (Phi) is 7.08. The zero-order chi connectivity index (χ0) is 23.5. The average molecular weight is 460 g/mol. The van der Waals surface area contributed by atoms with Gasteiger partial charge in [0, 0.05) is 6.42 Å². The van der Waals surface area contributed by atoms with Gasteiger partial charge in [0.15, 0.2) is 8.32 Å². The van der Waals surface area contributed by atoms with Crippen molar-refractivity contribution in [2.45, 2.75) is 63.9 Å². The molecule has 3 aromatic carbocycles. The molecule has 0 spiro atoms. The Hall–Kier alpha value is -2.40. The Morgan fingerprint density at radius 3 is 2.03 bits per heavy atom. The summed E-state index contributed by atoms with van der Waals surface area (Å²) in [5.41, 5.74) is 4.89. The van der Waals surface area contributed by atoms with Crippen molar-refractivity contribution in [1.82, 2.24) is 0 Å². The molecule has 1 saturated heterocycles. The summed E-state index contributed by atoms with van der Waals surface area (Å²) >= 11 is 0. The smallest absolute Gasteiger partial charge is 0.192 e. The fourth-order valence-corrected chi connectivity index (χ4v) is 5.10. The molecule has 0 saturated carbocycles. The molecule has 0 N–H and O–H groups in total. The molecule has 1 aliphatic rings. The summed E-state index contributed by atoms with van der Waals surface area (Å²) in [4.78, 5) is 6.52. The van der Waals surface area contributed by atoms with Crippen molar-refractivity contribution in [2.75, 3.05) is 11.7 Å². The number of nitrogens with zero attached hydrogens (tertiary/aromatic N) is 1. The van der Waals surface area contributed by atoms with E-state index in [1.54, 1.807) is 0 Å². The molecule has 0 amide bonds. The van der Waals surface area contributed by atoms with Crippen LogP contribution in [0.2, 0.25) is 18.1 Å². The minimum Gasteiger partial charge on any atom is -0.414 e. The third kappa shape index (κ3) is 5.75. The molecule has 0 aromatic heterocycles. The van der Waals surface area contributed by atoms with Gasteiger partial charge in [-0.2, -0.15) is 0 Å². The molecule has 0 aliphatic carbocycles. The lowest BCUT2D eigenvalue weighted by Crippen LogP contribution is -2.42. The van der Waals surface area contributed by atoms with Crippen molar-refractivity contribution in [2.24, 2.45) is 0 Å². The predicted molar refractivity (Wildman–Crippen MR) is 141 cm³/mol. The molecular formula is C29H37NO2Si. The summed E-state index contributed by atoms with van der Waals surface area (Å²) < 4.78 is 6.52. The van der Waals surface area contributed by atoms with Crippen molar-refractivity contribution in [3.05, 3.63) is 90.5 Å². The SMILES string of the molecule is CC(C)(C)[Si](C)(C)OC[C@H]1C[C@@H](Cc2ccccc2)N(c2ccc(-c3ccccc3)cc2)O1. The standard InChI is InChI=1S/C29H37NO2Si/c1-29(2,3)33(4,5)31-22-28-21-27(20-23-12-8-6-9-13-23)30(32-28)26-18-16-25(17-19-26)24-14-10-7-11-15-24/h6-19,27-28H,20-22H2,1-5H3/t27-,28-/m1/s1. The van der Waals surface area contributed by atoms with Gasteiger partial charge in [0.05, 0.1) is 18.3 Å². The highest BCUT2D eigenvalue weighted by Crippen LogP contribution is 2.38. The molecule has 4 rings (SSSR count). The highest BCUT2D eigenvalue weighted by atomic mass is 28.4. The maximum absolute atomic E-state index is 6.52. The number of benzene rings is 3. The quantitative estimate of drug-likeness (QED) is 0.341. The summed E-state index contributed by atoms with van der Waals surface area (Å²) in [5, 5.41) is 2.32. The van der Waals surface area contributed by atoms with Gasteiger partial charge in [-0.15, -0.1) is 0 Å². The van der Waals surface area contributed by atoms with Crippen LogP contribution in [0.15, 0.2) is 84.9 Å². The first-order valence-electron chi connectivity index (χ1n) is 12.0. The number of hydrogen-bond donors (Lipinski definition) is 0. The molecule has 3 nitrogen and oxygen atoms in total. The fraction of sp³-hybridized carbons (Fsp3) is 0.379. The lowest BCUT2D eigenvalue weighted by molar-refractivity contribution is 0.0441. The largest absolute Gasteiger partial charge is 0.414 e. The first-order chi connectivity index (χ1) is 15.7. The van der Waals surface area contributed by atoms with E-state index in [0.29, 0.717) is 6.61 Å². The van der Waals surface area contributed by atoms with Crippen LogP contribution >= 0.6 is 0 Å². The summed E-state index contributed by atoms with van der Waals surface area (Å²) in [5.74, 6) is 0. The Morgan fingerprint density at radius 2 is 1.42 bits per heavy atom. The van der Waals surface area contributed by atoms with Gasteiger partial charge >= 0.3 is 0 Å². The van der Waals surface area contributed by atoms with Crippen LogP contribution in [0, 0.1) is 0 Å². The minimum absolute atomic E-state index is 0.0710.